The van der Waals surface area contributed by atoms with Crippen LogP contribution in [0.5, 0.6) is 0 Å². The summed E-state index contributed by atoms with van der Waals surface area (Å²) in [4.78, 5) is 32.8. The van der Waals surface area contributed by atoms with E-state index in [1.165, 1.54) is 6.33 Å². The molecule has 94 valence electrons. The number of imidazole rings is 1. The molecule has 0 saturated heterocycles. The number of carbonyl (C=O) groups is 1. The van der Waals surface area contributed by atoms with Gasteiger partial charge in [-0.05, 0) is 0 Å². The van der Waals surface area contributed by atoms with Crippen LogP contribution in [0.4, 0.5) is 5.82 Å². The molecule has 2 rings (SSSR count). The van der Waals surface area contributed by atoms with Gasteiger partial charge in [0, 0.05) is 6.54 Å². The normalized spacial score (nSPS) is 11.9. The van der Waals surface area contributed by atoms with E-state index in [-0.39, 0.29) is 6.61 Å². The molecule has 0 amide bonds. The third-order valence-corrected chi connectivity index (χ3v) is 2.73. The average Bonchev–Trinajstić information content (AvgIpc) is 2.79. The summed E-state index contributed by atoms with van der Waals surface area (Å²) in [6.45, 7) is 0.704. The number of nitrogens with zero attached hydrogens (tertiary/aromatic N) is 4. The largest absolute Gasteiger partial charge is 0.622 e. The van der Waals surface area contributed by atoms with Crippen molar-refractivity contribution in [2.75, 3.05) is 12.3 Å². The minimum atomic E-state index is -2.04. The number of anilines is 1. The van der Waals surface area contributed by atoms with Crippen LogP contribution in [0.1, 0.15) is 0 Å². The first-order chi connectivity index (χ1) is 8.72. The highest BCUT2D eigenvalue weighted by Crippen LogP contribution is 2.13. The molecular formula is C9H10N5O3P. The number of aromatic nitrogens is 4. The highest BCUT2D eigenvalue weighted by Gasteiger charge is 2.07. The van der Waals surface area contributed by atoms with Crippen molar-refractivity contribution in [3.8, 4) is 0 Å². The van der Waals surface area contributed by atoms with Gasteiger partial charge in [0.25, 0.3) is 0 Å². The number of nitrogen functional groups attached to an aromatic ring is 1. The second kappa shape index (κ2) is 5.63. The third kappa shape index (κ3) is 2.67. The molecule has 1 atom stereocenters. The Morgan fingerprint density at radius 3 is 3.11 bits per heavy atom. The van der Waals surface area contributed by atoms with Gasteiger partial charge < -0.3 is 19.9 Å². The molecule has 0 spiro atoms. The first-order valence-electron chi connectivity index (χ1n) is 4.99. The second-order valence-electron chi connectivity index (χ2n) is 3.31. The zero-order chi connectivity index (χ0) is 13.0. The fraction of sp³-hybridized carbons (Fsp3) is 0.222. The molecule has 0 bridgehead atoms. The number of hydrogen-bond donors (Lipinski definition) is 1. The molecule has 0 aliphatic rings. The number of carbonyl (C=O) groups excluding carboxylic acids is 1. The molecule has 0 aliphatic carbocycles. The number of fused-ring (bicyclic) bond motifs is 1. The zero-order valence-corrected chi connectivity index (χ0v) is 10.2. The molecule has 2 aromatic heterocycles. The standard InChI is InChI=1S/C9H10N5O3P/c10-8-7-9(12-3-11-8)14(4-13-7)1-2-17-6-18(16)5-15/h3-6H,1-2H2,(H2,10,11,12). The number of hydrogen-bond acceptors (Lipinski definition) is 7. The van der Waals surface area contributed by atoms with Crippen LogP contribution >= 0.6 is 7.77 Å². The molecule has 0 radical (unpaired) electrons. The van der Waals surface area contributed by atoms with E-state index in [2.05, 4.69) is 15.0 Å². The van der Waals surface area contributed by atoms with E-state index in [0.29, 0.717) is 29.6 Å². The van der Waals surface area contributed by atoms with Crippen LogP contribution in [0.15, 0.2) is 12.7 Å². The number of rotatable bonds is 5. The second-order valence-corrected chi connectivity index (χ2v) is 4.45. The van der Waals surface area contributed by atoms with Crippen LogP contribution in [0.3, 0.4) is 0 Å². The maximum Gasteiger partial charge on any atom is 0.309 e. The highest BCUT2D eigenvalue weighted by atomic mass is 31.1. The lowest BCUT2D eigenvalue weighted by atomic mass is 10.5. The van der Waals surface area contributed by atoms with Crippen LogP contribution in [-0.2, 0) is 16.1 Å². The molecule has 8 nitrogen and oxygen atoms in total. The van der Waals surface area contributed by atoms with Crippen molar-refractivity contribution in [1.29, 1.82) is 0 Å². The maximum atomic E-state index is 10.8. The van der Waals surface area contributed by atoms with E-state index in [1.54, 1.807) is 10.9 Å². The van der Waals surface area contributed by atoms with Crippen LogP contribution in [0.2, 0.25) is 0 Å². The summed E-state index contributed by atoms with van der Waals surface area (Å²) in [6, 6.07) is 0.329. The van der Waals surface area contributed by atoms with Crippen molar-refractivity contribution in [3.63, 3.8) is 0 Å². The molecule has 0 aliphatic heterocycles. The summed E-state index contributed by atoms with van der Waals surface area (Å²) in [6.07, 6.45) is 2.92. The van der Waals surface area contributed by atoms with Gasteiger partial charge in [0.15, 0.2) is 19.2 Å². The maximum absolute atomic E-state index is 10.8. The Labute approximate surface area is 103 Å². The van der Waals surface area contributed by atoms with Crippen molar-refractivity contribution in [3.05, 3.63) is 12.7 Å². The van der Waals surface area contributed by atoms with Gasteiger partial charge >= 0.3 is 6.03 Å². The predicted molar refractivity (Wildman–Crippen MR) is 65.4 cm³/mol. The third-order valence-electron chi connectivity index (χ3n) is 2.16. The van der Waals surface area contributed by atoms with Gasteiger partial charge in [-0.25, -0.2) is 19.7 Å². The summed E-state index contributed by atoms with van der Waals surface area (Å²) in [5, 5.41) is 0. The highest BCUT2D eigenvalue weighted by molar-refractivity contribution is 7.64. The van der Waals surface area contributed by atoms with E-state index >= 15 is 0 Å². The summed E-state index contributed by atoms with van der Waals surface area (Å²) < 4.78 is 6.71. The molecule has 0 saturated carbocycles. The van der Waals surface area contributed by atoms with Crippen LogP contribution in [0.25, 0.3) is 11.2 Å². The fourth-order valence-corrected chi connectivity index (χ4v) is 1.67. The van der Waals surface area contributed by atoms with Gasteiger partial charge in [-0.2, -0.15) is 0 Å². The van der Waals surface area contributed by atoms with Crippen molar-refractivity contribution in [1.82, 2.24) is 19.5 Å². The minimum Gasteiger partial charge on any atom is -0.622 e. The van der Waals surface area contributed by atoms with Crippen LogP contribution in [0, 0.1) is 0 Å². The molecule has 1 unspecified atom stereocenters. The lowest BCUT2D eigenvalue weighted by molar-refractivity contribution is -0.149. The van der Waals surface area contributed by atoms with Gasteiger partial charge in [0.05, 0.1) is 12.9 Å². The Kier molecular flexibility index (Phi) is 3.93. The Bertz CT molecular complexity index is 597. The number of ether oxygens (including phenoxy) is 1. The van der Waals surface area contributed by atoms with Crippen LogP contribution in [-0.4, -0.2) is 38.1 Å². The molecule has 0 fully saturated rings. The van der Waals surface area contributed by atoms with Crippen molar-refractivity contribution in [2.24, 2.45) is 0 Å². The van der Waals surface area contributed by atoms with Crippen molar-refractivity contribution < 1.29 is 14.4 Å². The van der Waals surface area contributed by atoms with E-state index in [9.17, 15) is 9.69 Å². The topological polar surface area (TPSA) is 119 Å². The molecule has 9 heteroatoms. The lowest BCUT2D eigenvalue weighted by Crippen LogP contribution is -2.06. The van der Waals surface area contributed by atoms with E-state index in [1.807, 2.05) is 0 Å². The Balaban J connectivity index is 2.04. The minimum absolute atomic E-state index is 0.254. The monoisotopic (exact) mass is 267 g/mol. The molecule has 2 aromatic rings. The van der Waals surface area contributed by atoms with Crippen LogP contribution < -0.4 is 10.6 Å². The molecule has 2 N–H and O–H groups in total. The van der Waals surface area contributed by atoms with Crippen molar-refractivity contribution >= 4 is 36.8 Å². The van der Waals surface area contributed by atoms with Gasteiger partial charge in [-0.15, -0.1) is 0 Å². The molecule has 18 heavy (non-hydrogen) atoms. The van der Waals surface area contributed by atoms with E-state index in [0.717, 1.165) is 5.98 Å². The Morgan fingerprint density at radius 2 is 2.33 bits per heavy atom. The summed E-state index contributed by atoms with van der Waals surface area (Å²) in [5.41, 5.74) is 6.77. The first-order valence-corrected chi connectivity index (χ1v) is 6.39. The first kappa shape index (κ1) is 12.6. The summed E-state index contributed by atoms with van der Waals surface area (Å²) in [7, 11) is -2.04. The van der Waals surface area contributed by atoms with Gasteiger partial charge in [-0.1, -0.05) is 0 Å². The van der Waals surface area contributed by atoms with Gasteiger partial charge in [-0.3, -0.25) is 0 Å². The quantitative estimate of drug-likeness (QED) is 0.425. The summed E-state index contributed by atoms with van der Waals surface area (Å²) in [5.74, 6) is 1.33. The van der Waals surface area contributed by atoms with Crippen molar-refractivity contribution in [2.45, 2.75) is 6.54 Å². The predicted octanol–water partition coefficient (Wildman–Crippen LogP) is -0.868. The zero-order valence-electron chi connectivity index (χ0n) is 9.26. The lowest BCUT2D eigenvalue weighted by Gasteiger charge is -2.01. The molecule has 2 heterocycles. The Hall–Kier alpha value is -1.89. The fourth-order valence-electron chi connectivity index (χ4n) is 1.36. The van der Waals surface area contributed by atoms with E-state index < -0.39 is 7.77 Å². The average molecular weight is 267 g/mol. The Morgan fingerprint density at radius 1 is 1.50 bits per heavy atom. The molecular weight excluding hydrogens is 257 g/mol. The SMILES string of the molecule is Nc1ncnc2c1ncn2CCOC=[P+]([O-])C=O. The smallest absolute Gasteiger partial charge is 0.309 e. The van der Waals surface area contributed by atoms with Gasteiger partial charge in [0.1, 0.15) is 11.8 Å². The molecule has 0 aromatic carbocycles. The summed E-state index contributed by atoms with van der Waals surface area (Å²) >= 11 is 0. The van der Waals surface area contributed by atoms with Gasteiger partial charge in [0.2, 0.25) is 5.98 Å². The van der Waals surface area contributed by atoms with E-state index in [4.69, 9.17) is 10.5 Å². The number of nitrogens with two attached hydrogens (primary N) is 1.